The van der Waals surface area contributed by atoms with E-state index in [0.29, 0.717) is 24.5 Å². The third-order valence-electron chi connectivity index (χ3n) is 5.46. The third kappa shape index (κ3) is 2.44. The van der Waals surface area contributed by atoms with Crippen molar-refractivity contribution in [1.29, 1.82) is 0 Å². The van der Waals surface area contributed by atoms with Gasteiger partial charge >= 0.3 is 5.97 Å². The van der Waals surface area contributed by atoms with Crippen LogP contribution in [0.15, 0.2) is 54.9 Å². The molecular formula is C21H16N4O3. The summed E-state index contributed by atoms with van der Waals surface area (Å²) >= 11 is 0. The number of benzene rings is 1. The Morgan fingerprint density at radius 1 is 1.07 bits per heavy atom. The zero-order chi connectivity index (χ0) is 19.3. The van der Waals surface area contributed by atoms with Gasteiger partial charge in [-0.3, -0.25) is 4.79 Å². The van der Waals surface area contributed by atoms with E-state index in [4.69, 9.17) is 5.11 Å². The second-order valence-electron chi connectivity index (χ2n) is 7.13. The number of nitrogens with one attached hydrogen (secondary N) is 2. The average molecular weight is 372 g/mol. The molecule has 0 saturated carbocycles. The van der Waals surface area contributed by atoms with Crippen molar-refractivity contribution in [3.8, 4) is 0 Å². The Bertz CT molecular complexity index is 1140. The fourth-order valence-electron chi connectivity index (χ4n) is 4.12. The molecule has 1 spiro atoms. The van der Waals surface area contributed by atoms with Gasteiger partial charge in [-0.15, -0.1) is 0 Å². The van der Waals surface area contributed by atoms with E-state index in [1.165, 1.54) is 18.3 Å². The number of anilines is 3. The molecule has 1 unspecified atom stereocenters. The van der Waals surface area contributed by atoms with E-state index in [-0.39, 0.29) is 11.5 Å². The van der Waals surface area contributed by atoms with Gasteiger partial charge in [-0.2, -0.15) is 0 Å². The number of hydrogen-bond acceptors (Lipinski definition) is 5. The van der Waals surface area contributed by atoms with E-state index in [9.17, 15) is 9.59 Å². The zero-order valence-corrected chi connectivity index (χ0v) is 14.8. The van der Waals surface area contributed by atoms with Crippen LogP contribution in [0.1, 0.15) is 27.0 Å². The van der Waals surface area contributed by atoms with E-state index in [0.717, 1.165) is 22.4 Å². The van der Waals surface area contributed by atoms with Crippen molar-refractivity contribution in [3.63, 3.8) is 0 Å². The number of aromatic nitrogens is 2. The Morgan fingerprint density at radius 2 is 1.93 bits per heavy atom. The average Bonchev–Trinajstić information content (AvgIpc) is 3.20. The number of hydrogen-bond donors (Lipinski definition) is 3. The van der Waals surface area contributed by atoms with E-state index >= 15 is 0 Å². The Kier molecular flexibility index (Phi) is 3.45. The molecule has 138 valence electrons. The van der Waals surface area contributed by atoms with Crippen LogP contribution in [0, 0.1) is 0 Å². The third-order valence-corrected chi connectivity index (χ3v) is 5.46. The van der Waals surface area contributed by atoms with Crippen molar-refractivity contribution < 1.29 is 14.7 Å². The molecule has 0 radical (unpaired) electrons. The van der Waals surface area contributed by atoms with Crippen molar-refractivity contribution >= 4 is 29.2 Å². The molecule has 1 amide bonds. The van der Waals surface area contributed by atoms with Crippen molar-refractivity contribution in [2.45, 2.75) is 18.3 Å². The van der Waals surface area contributed by atoms with Gasteiger partial charge in [-0.25, -0.2) is 14.8 Å². The molecule has 7 heteroatoms. The summed E-state index contributed by atoms with van der Waals surface area (Å²) in [6, 6.07) is 12.7. The molecule has 1 aromatic carbocycles. The number of aromatic carboxylic acids is 1. The van der Waals surface area contributed by atoms with Gasteiger partial charge in [-0.1, -0.05) is 12.1 Å². The number of nitrogens with zero attached hydrogens (tertiary/aromatic N) is 2. The normalized spacial score (nSPS) is 19.2. The molecule has 28 heavy (non-hydrogen) atoms. The molecule has 3 heterocycles. The fourth-order valence-corrected chi connectivity index (χ4v) is 4.12. The number of rotatable bonds is 3. The molecule has 3 N–H and O–H groups in total. The molecule has 0 fully saturated rings. The summed E-state index contributed by atoms with van der Waals surface area (Å²) in [5, 5.41) is 15.2. The molecule has 0 saturated heterocycles. The van der Waals surface area contributed by atoms with E-state index in [1.807, 2.05) is 30.3 Å². The summed E-state index contributed by atoms with van der Waals surface area (Å²) in [5.41, 5.74) is 3.53. The Balaban J connectivity index is 1.45. The molecule has 1 aliphatic carbocycles. The Morgan fingerprint density at radius 3 is 2.79 bits per heavy atom. The van der Waals surface area contributed by atoms with Gasteiger partial charge in [0.2, 0.25) is 5.91 Å². The smallest absolute Gasteiger partial charge is 0.335 e. The highest BCUT2D eigenvalue weighted by Crippen LogP contribution is 2.47. The SMILES string of the molecule is O=C(O)c1ccnc(Nc2ccc3c(c2)CC2(C3)C(=O)Nc3ncccc32)c1. The highest BCUT2D eigenvalue weighted by atomic mass is 16.4. The number of pyridine rings is 2. The lowest BCUT2D eigenvalue weighted by Crippen LogP contribution is -2.35. The minimum atomic E-state index is -0.999. The van der Waals surface area contributed by atoms with Gasteiger partial charge < -0.3 is 15.7 Å². The van der Waals surface area contributed by atoms with Crippen LogP contribution in [0.25, 0.3) is 0 Å². The molecular weight excluding hydrogens is 356 g/mol. The predicted molar refractivity (Wildman–Crippen MR) is 103 cm³/mol. The van der Waals surface area contributed by atoms with E-state index < -0.39 is 11.4 Å². The molecule has 2 aliphatic rings. The minimum Gasteiger partial charge on any atom is -0.478 e. The maximum Gasteiger partial charge on any atom is 0.335 e. The quantitative estimate of drug-likeness (QED) is 0.653. The first-order valence-electron chi connectivity index (χ1n) is 8.90. The first-order chi connectivity index (χ1) is 13.5. The maximum absolute atomic E-state index is 12.8. The van der Waals surface area contributed by atoms with Crippen molar-refractivity contribution in [1.82, 2.24) is 9.97 Å². The number of carboxylic acid groups (broad SMARTS) is 1. The predicted octanol–water partition coefficient (Wildman–Crippen LogP) is 2.91. The van der Waals surface area contributed by atoms with Crippen LogP contribution in [0.3, 0.4) is 0 Å². The number of carbonyl (C=O) groups excluding carboxylic acids is 1. The fraction of sp³-hybridized carbons (Fsp3) is 0.143. The molecule has 3 aromatic rings. The Labute approximate surface area is 160 Å². The highest BCUT2D eigenvalue weighted by Gasteiger charge is 2.50. The first kappa shape index (κ1) is 16.4. The summed E-state index contributed by atoms with van der Waals surface area (Å²) in [6.45, 7) is 0. The molecule has 1 atom stereocenters. The molecule has 0 bridgehead atoms. The van der Waals surface area contributed by atoms with Crippen molar-refractivity contribution in [2.24, 2.45) is 0 Å². The summed E-state index contributed by atoms with van der Waals surface area (Å²) in [6.07, 6.45) is 4.38. The van der Waals surface area contributed by atoms with Crippen LogP contribution < -0.4 is 10.6 Å². The van der Waals surface area contributed by atoms with Gasteiger partial charge in [0, 0.05) is 23.6 Å². The van der Waals surface area contributed by atoms with Gasteiger partial charge in [0.25, 0.3) is 0 Å². The monoisotopic (exact) mass is 372 g/mol. The summed E-state index contributed by atoms with van der Waals surface area (Å²) in [4.78, 5) is 32.4. The van der Waals surface area contributed by atoms with Crippen LogP contribution >= 0.6 is 0 Å². The van der Waals surface area contributed by atoms with Crippen LogP contribution in [0.5, 0.6) is 0 Å². The van der Waals surface area contributed by atoms with Crippen molar-refractivity contribution in [3.05, 3.63) is 77.1 Å². The lowest BCUT2D eigenvalue weighted by atomic mass is 9.79. The number of carboxylic acids is 1. The van der Waals surface area contributed by atoms with Crippen LogP contribution in [0.4, 0.5) is 17.3 Å². The van der Waals surface area contributed by atoms with Crippen molar-refractivity contribution in [2.75, 3.05) is 10.6 Å². The van der Waals surface area contributed by atoms with Crippen LogP contribution in [-0.4, -0.2) is 27.0 Å². The van der Waals surface area contributed by atoms with Crippen LogP contribution in [-0.2, 0) is 23.1 Å². The van der Waals surface area contributed by atoms with Crippen LogP contribution in [0.2, 0.25) is 0 Å². The molecule has 7 nitrogen and oxygen atoms in total. The number of fused-ring (bicyclic) bond motifs is 3. The van der Waals surface area contributed by atoms with E-state index in [1.54, 1.807) is 6.20 Å². The van der Waals surface area contributed by atoms with Gasteiger partial charge in [-0.05, 0) is 54.3 Å². The van der Waals surface area contributed by atoms with Gasteiger partial charge in [0.1, 0.15) is 11.6 Å². The topological polar surface area (TPSA) is 104 Å². The maximum atomic E-state index is 12.8. The van der Waals surface area contributed by atoms with Gasteiger partial charge in [0.05, 0.1) is 11.0 Å². The lowest BCUT2D eigenvalue weighted by Gasteiger charge is -2.20. The zero-order valence-electron chi connectivity index (χ0n) is 14.8. The summed E-state index contributed by atoms with van der Waals surface area (Å²) in [7, 11) is 0. The Hall–Kier alpha value is -3.74. The summed E-state index contributed by atoms with van der Waals surface area (Å²) < 4.78 is 0. The highest BCUT2D eigenvalue weighted by molar-refractivity contribution is 6.06. The lowest BCUT2D eigenvalue weighted by molar-refractivity contribution is -0.120. The second-order valence-corrected chi connectivity index (χ2v) is 7.13. The number of carbonyl (C=O) groups is 2. The molecule has 5 rings (SSSR count). The van der Waals surface area contributed by atoms with Gasteiger partial charge in [0.15, 0.2) is 0 Å². The van der Waals surface area contributed by atoms with E-state index in [2.05, 4.69) is 20.6 Å². The number of amides is 1. The summed E-state index contributed by atoms with van der Waals surface area (Å²) in [5.74, 6) is 0.0951. The second kappa shape index (κ2) is 5.88. The minimum absolute atomic E-state index is 0.0114. The largest absolute Gasteiger partial charge is 0.478 e. The molecule has 1 aliphatic heterocycles. The standard InChI is InChI=1S/C21H16N4O3/c26-19(27)12-5-7-22-17(9-12)24-15-4-3-13-10-21(11-14(13)8-15)16-2-1-6-23-18(16)25-20(21)28/h1-9H,10-11H2,(H,22,24)(H,26,27)(H,23,25,28). The molecule has 2 aromatic heterocycles. The first-order valence-corrected chi connectivity index (χ1v) is 8.90.